The van der Waals surface area contributed by atoms with E-state index in [0.29, 0.717) is 5.70 Å². The van der Waals surface area contributed by atoms with Crippen LogP contribution in [0, 0.1) is 0 Å². The molecule has 0 amide bonds. The number of ether oxygens (including phenoxy) is 1. The first-order chi connectivity index (χ1) is 7.72. The molecule has 16 heavy (non-hydrogen) atoms. The molecule has 0 saturated carbocycles. The molecule has 2 aliphatic rings. The second-order valence-corrected chi connectivity index (χ2v) is 4.94. The van der Waals surface area contributed by atoms with Gasteiger partial charge in [-0.3, -0.25) is 0 Å². The highest BCUT2D eigenvalue weighted by Gasteiger charge is 2.33. The summed E-state index contributed by atoms with van der Waals surface area (Å²) in [5, 5.41) is 12.1. The van der Waals surface area contributed by atoms with E-state index in [0.717, 1.165) is 24.4 Å². The molecule has 0 aliphatic carbocycles. The Balaban J connectivity index is 2.16. The number of carboxylic acid groups (broad SMARTS) is 1. The molecule has 1 fully saturated rings. The van der Waals surface area contributed by atoms with Crippen molar-refractivity contribution in [1.29, 1.82) is 0 Å². The smallest absolute Gasteiger partial charge is 0.352 e. The summed E-state index contributed by atoms with van der Waals surface area (Å²) < 4.78 is 5.54. The van der Waals surface area contributed by atoms with Crippen LogP contribution >= 0.6 is 11.8 Å². The van der Waals surface area contributed by atoms with Gasteiger partial charge in [0.05, 0.1) is 11.5 Å². The average molecular weight is 241 g/mol. The zero-order chi connectivity index (χ0) is 11.5. The monoisotopic (exact) mass is 241 g/mol. The minimum atomic E-state index is -0.898. The van der Waals surface area contributed by atoms with E-state index in [9.17, 15) is 4.79 Å². The van der Waals surface area contributed by atoms with E-state index >= 15 is 0 Å². The van der Waals surface area contributed by atoms with Crippen LogP contribution in [-0.4, -0.2) is 29.2 Å². The van der Waals surface area contributed by atoms with Gasteiger partial charge in [0.15, 0.2) is 0 Å². The maximum atomic E-state index is 11.1. The lowest BCUT2D eigenvalue weighted by Gasteiger charge is -2.10. The van der Waals surface area contributed by atoms with E-state index in [4.69, 9.17) is 9.84 Å². The maximum absolute atomic E-state index is 11.1. The van der Waals surface area contributed by atoms with E-state index < -0.39 is 5.97 Å². The van der Waals surface area contributed by atoms with Gasteiger partial charge in [-0.1, -0.05) is 23.9 Å². The third-order valence-corrected chi connectivity index (χ3v) is 3.84. The molecule has 4 nitrogen and oxygen atoms in total. The van der Waals surface area contributed by atoms with Crippen molar-refractivity contribution in [3.63, 3.8) is 0 Å². The van der Waals surface area contributed by atoms with Gasteiger partial charge in [-0.05, 0) is 19.8 Å². The molecule has 2 N–H and O–H groups in total. The lowest BCUT2D eigenvalue weighted by atomic mass is 10.2. The maximum Gasteiger partial charge on any atom is 0.352 e. The van der Waals surface area contributed by atoms with Crippen molar-refractivity contribution >= 4 is 17.7 Å². The molecule has 1 saturated heterocycles. The molecule has 0 aromatic carbocycles. The molecule has 2 heterocycles. The first kappa shape index (κ1) is 11.5. The Morgan fingerprint density at radius 3 is 3.06 bits per heavy atom. The summed E-state index contributed by atoms with van der Waals surface area (Å²) in [6, 6.07) is 0. The summed E-state index contributed by atoms with van der Waals surface area (Å²) in [5.74, 6) is -0.898. The number of allylic oxidation sites excluding steroid dienone is 1. The number of hydrogen-bond acceptors (Lipinski definition) is 4. The highest BCUT2D eigenvalue weighted by molar-refractivity contribution is 8.04. The van der Waals surface area contributed by atoms with Crippen molar-refractivity contribution in [1.82, 2.24) is 5.32 Å². The molecule has 2 atom stereocenters. The van der Waals surface area contributed by atoms with E-state index in [1.165, 1.54) is 0 Å². The molecule has 2 aliphatic heterocycles. The van der Waals surface area contributed by atoms with Gasteiger partial charge in [0, 0.05) is 11.5 Å². The van der Waals surface area contributed by atoms with Crippen LogP contribution in [-0.2, 0) is 9.53 Å². The predicted octanol–water partition coefficient (Wildman–Crippen LogP) is 1.70. The Labute approximate surface area is 98.7 Å². The van der Waals surface area contributed by atoms with Crippen molar-refractivity contribution < 1.29 is 14.6 Å². The Morgan fingerprint density at radius 2 is 2.50 bits per heavy atom. The lowest BCUT2D eigenvalue weighted by molar-refractivity contribution is -0.133. The summed E-state index contributed by atoms with van der Waals surface area (Å²) in [6.45, 7) is 2.66. The molecule has 0 aromatic rings. The van der Waals surface area contributed by atoms with Crippen molar-refractivity contribution in [3.05, 3.63) is 22.8 Å². The minimum absolute atomic E-state index is 0.0234. The topological polar surface area (TPSA) is 58.6 Å². The third kappa shape index (κ3) is 2.25. The van der Waals surface area contributed by atoms with Crippen molar-refractivity contribution in [2.75, 3.05) is 6.61 Å². The summed E-state index contributed by atoms with van der Waals surface area (Å²) in [6.07, 6.45) is 5.77. The van der Waals surface area contributed by atoms with E-state index in [1.807, 2.05) is 19.1 Å². The molecular weight excluding hydrogens is 226 g/mol. The van der Waals surface area contributed by atoms with E-state index in [1.54, 1.807) is 11.8 Å². The minimum Gasteiger partial charge on any atom is -0.477 e. The van der Waals surface area contributed by atoms with Crippen LogP contribution < -0.4 is 5.32 Å². The predicted molar refractivity (Wildman–Crippen MR) is 63.0 cm³/mol. The van der Waals surface area contributed by atoms with Gasteiger partial charge in [0.2, 0.25) is 0 Å². The fourth-order valence-corrected chi connectivity index (χ4v) is 3.18. The Morgan fingerprint density at radius 1 is 1.69 bits per heavy atom. The molecule has 0 bridgehead atoms. The SMILES string of the molecule is C/C=C/[C@H]1NC(C(=O)O)=C([C@H]2CCCO2)S1. The molecule has 5 heteroatoms. The normalized spacial score (nSPS) is 30.1. The fourth-order valence-electron chi connectivity index (χ4n) is 1.89. The second-order valence-electron chi connectivity index (χ2n) is 3.75. The van der Waals surface area contributed by atoms with Crippen LogP contribution in [0.4, 0.5) is 0 Å². The molecule has 0 radical (unpaired) electrons. The Kier molecular flexibility index (Phi) is 3.56. The zero-order valence-electron chi connectivity index (χ0n) is 9.10. The van der Waals surface area contributed by atoms with Crippen LogP contribution in [0.3, 0.4) is 0 Å². The van der Waals surface area contributed by atoms with Gasteiger partial charge >= 0.3 is 5.97 Å². The van der Waals surface area contributed by atoms with Gasteiger partial charge in [-0.15, -0.1) is 0 Å². The molecule has 2 rings (SSSR count). The molecule has 0 unspecified atom stereocenters. The average Bonchev–Trinajstić information content (AvgIpc) is 2.83. The van der Waals surface area contributed by atoms with E-state index in [-0.39, 0.29) is 11.5 Å². The van der Waals surface area contributed by atoms with Gasteiger partial charge in [0.25, 0.3) is 0 Å². The first-order valence-electron chi connectivity index (χ1n) is 5.37. The quantitative estimate of drug-likeness (QED) is 0.736. The lowest BCUT2D eigenvalue weighted by Crippen LogP contribution is -2.23. The highest BCUT2D eigenvalue weighted by Crippen LogP contribution is 2.38. The largest absolute Gasteiger partial charge is 0.477 e. The van der Waals surface area contributed by atoms with Crippen LogP contribution in [0.1, 0.15) is 19.8 Å². The van der Waals surface area contributed by atoms with Crippen molar-refractivity contribution in [2.24, 2.45) is 0 Å². The molecule has 0 spiro atoms. The number of nitrogens with one attached hydrogen (secondary N) is 1. The van der Waals surface area contributed by atoms with E-state index in [2.05, 4.69) is 5.32 Å². The van der Waals surface area contributed by atoms with Crippen LogP contribution in [0.2, 0.25) is 0 Å². The molecular formula is C11H15NO3S. The number of aliphatic carboxylic acids is 1. The van der Waals surface area contributed by atoms with Crippen molar-refractivity contribution in [3.8, 4) is 0 Å². The van der Waals surface area contributed by atoms with Gasteiger partial charge in [0.1, 0.15) is 5.70 Å². The third-order valence-electron chi connectivity index (χ3n) is 2.59. The molecule has 0 aromatic heterocycles. The molecule has 88 valence electrons. The summed E-state index contributed by atoms with van der Waals surface area (Å²) in [7, 11) is 0. The second kappa shape index (κ2) is 4.93. The van der Waals surface area contributed by atoms with Crippen LogP contribution in [0.5, 0.6) is 0 Å². The van der Waals surface area contributed by atoms with Gasteiger partial charge in [-0.25, -0.2) is 4.79 Å². The fraction of sp³-hybridized carbons (Fsp3) is 0.545. The summed E-state index contributed by atoms with van der Waals surface area (Å²) >= 11 is 1.54. The number of rotatable bonds is 3. The number of carboxylic acids is 1. The van der Waals surface area contributed by atoms with Crippen LogP contribution in [0.15, 0.2) is 22.8 Å². The van der Waals surface area contributed by atoms with Crippen molar-refractivity contribution in [2.45, 2.75) is 31.2 Å². The van der Waals surface area contributed by atoms with Crippen LogP contribution in [0.25, 0.3) is 0 Å². The highest BCUT2D eigenvalue weighted by atomic mass is 32.2. The standard InChI is InChI=1S/C11H15NO3S/c1-2-4-8-12-9(11(13)14)10(16-8)7-5-3-6-15-7/h2,4,7-8,12H,3,5-6H2,1H3,(H,13,14)/b4-2+/t7-,8+/m1/s1. The zero-order valence-corrected chi connectivity index (χ0v) is 9.92. The number of hydrogen-bond donors (Lipinski definition) is 2. The number of thioether (sulfide) groups is 1. The van der Waals surface area contributed by atoms with Gasteiger partial charge in [-0.2, -0.15) is 0 Å². The Hall–Kier alpha value is -0.940. The summed E-state index contributed by atoms with van der Waals surface area (Å²) in [4.78, 5) is 11.9. The Bertz CT molecular complexity index is 345. The van der Waals surface area contributed by atoms with Gasteiger partial charge < -0.3 is 15.2 Å². The first-order valence-corrected chi connectivity index (χ1v) is 6.25. The number of carbonyl (C=O) groups is 1. The summed E-state index contributed by atoms with van der Waals surface area (Å²) in [5.41, 5.74) is 0.306.